The molecular formula is C19H32ClN. The Morgan fingerprint density at radius 2 is 1.71 bits per heavy atom. The van der Waals surface area contributed by atoms with Crippen molar-refractivity contribution in [2.24, 2.45) is 5.92 Å². The molecule has 0 aliphatic rings. The predicted molar refractivity (Wildman–Crippen MR) is 95.2 cm³/mol. The Balaban J connectivity index is 2.51. The molecule has 0 aliphatic carbocycles. The van der Waals surface area contributed by atoms with Gasteiger partial charge in [0.25, 0.3) is 0 Å². The summed E-state index contributed by atoms with van der Waals surface area (Å²) in [6.07, 6.45) is 7.83. The van der Waals surface area contributed by atoms with Gasteiger partial charge in [0.2, 0.25) is 0 Å². The van der Waals surface area contributed by atoms with Crippen LogP contribution in [-0.2, 0) is 6.42 Å². The van der Waals surface area contributed by atoms with Crippen LogP contribution in [0.2, 0.25) is 5.02 Å². The summed E-state index contributed by atoms with van der Waals surface area (Å²) in [5.74, 6) is 0.710. The highest BCUT2D eigenvalue weighted by Gasteiger charge is 2.14. The van der Waals surface area contributed by atoms with E-state index >= 15 is 0 Å². The molecule has 0 saturated carbocycles. The summed E-state index contributed by atoms with van der Waals surface area (Å²) in [6, 6.07) is 8.33. The molecule has 1 aromatic rings. The molecule has 1 unspecified atom stereocenters. The average molecular weight is 310 g/mol. The van der Waals surface area contributed by atoms with Gasteiger partial charge in [0.15, 0.2) is 0 Å². The third-order valence-corrected chi connectivity index (χ3v) is 4.08. The van der Waals surface area contributed by atoms with Crippen LogP contribution < -0.4 is 5.32 Å². The van der Waals surface area contributed by atoms with E-state index < -0.39 is 0 Å². The highest BCUT2D eigenvalue weighted by Crippen LogP contribution is 2.18. The summed E-state index contributed by atoms with van der Waals surface area (Å²) >= 11 is 5.98. The largest absolute Gasteiger partial charge is 0.312 e. The number of unbranched alkanes of at least 4 members (excludes halogenated alkanes) is 3. The minimum atomic E-state index is 0.196. The van der Waals surface area contributed by atoms with Gasteiger partial charge in [0.05, 0.1) is 0 Å². The van der Waals surface area contributed by atoms with Gasteiger partial charge in [-0.1, -0.05) is 56.3 Å². The summed E-state index contributed by atoms with van der Waals surface area (Å²) in [5, 5.41) is 4.49. The quantitative estimate of drug-likeness (QED) is 0.564. The Kier molecular flexibility index (Phi) is 8.36. The van der Waals surface area contributed by atoms with Gasteiger partial charge in [-0.15, -0.1) is 0 Å². The Labute approximate surface area is 136 Å². The van der Waals surface area contributed by atoms with E-state index in [0.717, 1.165) is 18.0 Å². The first-order valence-electron chi connectivity index (χ1n) is 8.40. The van der Waals surface area contributed by atoms with Crippen molar-refractivity contribution in [1.82, 2.24) is 5.32 Å². The zero-order chi connectivity index (χ0) is 15.7. The van der Waals surface area contributed by atoms with Gasteiger partial charge < -0.3 is 5.32 Å². The maximum atomic E-state index is 5.98. The number of halogens is 1. The Morgan fingerprint density at radius 3 is 2.29 bits per heavy atom. The van der Waals surface area contributed by atoms with Gasteiger partial charge in [-0.05, 0) is 63.8 Å². The second-order valence-corrected chi connectivity index (χ2v) is 7.61. The van der Waals surface area contributed by atoms with E-state index in [-0.39, 0.29) is 5.54 Å². The molecule has 120 valence electrons. The van der Waals surface area contributed by atoms with Crippen molar-refractivity contribution in [3.8, 4) is 0 Å². The predicted octanol–water partition coefficient (Wildman–Crippen LogP) is 5.86. The molecule has 21 heavy (non-hydrogen) atoms. The van der Waals surface area contributed by atoms with E-state index in [1.807, 2.05) is 12.1 Å². The standard InChI is InChI=1S/C19H32ClN/c1-5-6-7-8-9-17(15-21-19(2,3)4)14-16-10-12-18(20)13-11-16/h10-13,17,21H,5-9,14-15H2,1-4H3. The van der Waals surface area contributed by atoms with E-state index in [1.165, 1.54) is 37.7 Å². The molecular weight excluding hydrogens is 278 g/mol. The molecule has 0 aromatic heterocycles. The molecule has 0 spiro atoms. The fourth-order valence-corrected chi connectivity index (χ4v) is 2.67. The minimum Gasteiger partial charge on any atom is -0.312 e. The van der Waals surface area contributed by atoms with Crippen molar-refractivity contribution in [3.63, 3.8) is 0 Å². The van der Waals surface area contributed by atoms with Crippen LogP contribution in [0.4, 0.5) is 0 Å². The van der Waals surface area contributed by atoms with Crippen molar-refractivity contribution in [3.05, 3.63) is 34.9 Å². The Hall–Kier alpha value is -0.530. The summed E-state index contributed by atoms with van der Waals surface area (Å²) < 4.78 is 0. The zero-order valence-electron chi connectivity index (χ0n) is 14.2. The molecule has 0 fully saturated rings. The topological polar surface area (TPSA) is 12.0 Å². The van der Waals surface area contributed by atoms with Crippen LogP contribution in [0.1, 0.15) is 65.4 Å². The molecule has 0 radical (unpaired) electrons. The number of benzene rings is 1. The molecule has 1 nitrogen and oxygen atoms in total. The van der Waals surface area contributed by atoms with Crippen molar-refractivity contribution < 1.29 is 0 Å². The molecule has 1 aromatic carbocycles. The fraction of sp³-hybridized carbons (Fsp3) is 0.684. The van der Waals surface area contributed by atoms with Crippen LogP contribution in [0.5, 0.6) is 0 Å². The number of nitrogens with one attached hydrogen (secondary N) is 1. The van der Waals surface area contributed by atoms with E-state index in [4.69, 9.17) is 11.6 Å². The molecule has 2 heteroatoms. The van der Waals surface area contributed by atoms with Gasteiger partial charge in [-0.3, -0.25) is 0 Å². The number of hydrogen-bond acceptors (Lipinski definition) is 1. The van der Waals surface area contributed by atoms with Gasteiger partial charge in [0.1, 0.15) is 0 Å². The summed E-state index contributed by atoms with van der Waals surface area (Å²) in [6.45, 7) is 10.1. The maximum absolute atomic E-state index is 5.98. The van der Waals surface area contributed by atoms with Crippen LogP contribution in [0.15, 0.2) is 24.3 Å². The first kappa shape index (κ1) is 18.5. The first-order chi connectivity index (χ1) is 9.90. The normalized spacial score (nSPS) is 13.4. The van der Waals surface area contributed by atoms with Gasteiger partial charge >= 0.3 is 0 Å². The number of rotatable bonds is 9. The molecule has 1 atom stereocenters. The third kappa shape index (κ3) is 9.16. The summed E-state index contributed by atoms with van der Waals surface area (Å²) in [4.78, 5) is 0. The Bertz CT molecular complexity index is 378. The smallest absolute Gasteiger partial charge is 0.0406 e. The van der Waals surface area contributed by atoms with Crippen LogP contribution >= 0.6 is 11.6 Å². The van der Waals surface area contributed by atoms with Crippen LogP contribution in [-0.4, -0.2) is 12.1 Å². The van der Waals surface area contributed by atoms with Gasteiger partial charge in [-0.25, -0.2) is 0 Å². The van der Waals surface area contributed by atoms with Crippen LogP contribution in [0.25, 0.3) is 0 Å². The Morgan fingerprint density at radius 1 is 1.05 bits per heavy atom. The van der Waals surface area contributed by atoms with E-state index in [0.29, 0.717) is 5.92 Å². The molecule has 1 N–H and O–H groups in total. The van der Waals surface area contributed by atoms with Gasteiger partial charge in [0, 0.05) is 10.6 Å². The lowest BCUT2D eigenvalue weighted by Gasteiger charge is -2.25. The third-order valence-electron chi connectivity index (χ3n) is 3.82. The molecule has 0 bridgehead atoms. The molecule has 1 rings (SSSR count). The maximum Gasteiger partial charge on any atom is 0.0406 e. The van der Waals surface area contributed by atoms with Gasteiger partial charge in [-0.2, -0.15) is 0 Å². The van der Waals surface area contributed by atoms with Crippen molar-refractivity contribution in [1.29, 1.82) is 0 Å². The lowest BCUT2D eigenvalue weighted by atomic mass is 9.92. The lowest BCUT2D eigenvalue weighted by molar-refractivity contribution is 0.349. The van der Waals surface area contributed by atoms with E-state index in [2.05, 4.69) is 45.1 Å². The second-order valence-electron chi connectivity index (χ2n) is 7.18. The van der Waals surface area contributed by atoms with E-state index in [1.54, 1.807) is 0 Å². The highest BCUT2D eigenvalue weighted by atomic mass is 35.5. The lowest BCUT2D eigenvalue weighted by Crippen LogP contribution is -2.39. The summed E-state index contributed by atoms with van der Waals surface area (Å²) in [5.41, 5.74) is 1.59. The fourth-order valence-electron chi connectivity index (χ4n) is 2.54. The van der Waals surface area contributed by atoms with Crippen LogP contribution in [0, 0.1) is 5.92 Å². The summed E-state index contributed by atoms with van der Waals surface area (Å²) in [7, 11) is 0. The number of hydrogen-bond donors (Lipinski definition) is 1. The van der Waals surface area contributed by atoms with Crippen LogP contribution in [0.3, 0.4) is 0 Å². The first-order valence-corrected chi connectivity index (χ1v) is 8.78. The molecule has 0 amide bonds. The van der Waals surface area contributed by atoms with Crippen molar-refractivity contribution >= 4 is 11.6 Å². The second kappa shape index (κ2) is 9.48. The van der Waals surface area contributed by atoms with E-state index in [9.17, 15) is 0 Å². The van der Waals surface area contributed by atoms with Crippen molar-refractivity contribution in [2.45, 2.75) is 71.8 Å². The zero-order valence-corrected chi connectivity index (χ0v) is 15.0. The minimum absolute atomic E-state index is 0.196. The molecule has 0 saturated heterocycles. The average Bonchev–Trinajstić information content (AvgIpc) is 2.42. The SMILES string of the molecule is CCCCCCC(CNC(C)(C)C)Cc1ccc(Cl)cc1. The molecule has 0 aliphatic heterocycles. The molecule has 0 heterocycles. The highest BCUT2D eigenvalue weighted by molar-refractivity contribution is 6.30. The van der Waals surface area contributed by atoms with Crippen molar-refractivity contribution in [2.75, 3.05) is 6.54 Å². The monoisotopic (exact) mass is 309 g/mol.